The van der Waals surface area contributed by atoms with E-state index in [1.807, 2.05) is 0 Å². The predicted molar refractivity (Wildman–Crippen MR) is 306 cm³/mol. The van der Waals surface area contributed by atoms with Crippen LogP contribution in [0.5, 0.6) is 0 Å². The van der Waals surface area contributed by atoms with Crippen LogP contribution in [0.1, 0.15) is 0 Å². The first-order valence-electron chi connectivity index (χ1n) is 25.1. The third-order valence-electron chi connectivity index (χ3n) is 17.0. The fourth-order valence-corrected chi connectivity index (χ4v) is 19.8. The number of rotatable bonds is 2. The standard InChI is InChI=1S/C66H42O4Si2/c1-71(2)55-33-48-56(34-47(55)61-57(71)31-45(65-63(61)41-23-11-15-27-51(41)69-65)43-29-53-59(37-19-7-5-17-35(37)43)39-21-9-13-25-49(39)67-53)72(3,4)58-32-46(66-64(62(48)58)42-24-12-16-28-52(42)70-66)44-30-54-60(38-20-8-6-18-36(38)44)40-22-10-14-26-50(40)68-54/h5-34H,1-4H3. The van der Waals surface area contributed by atoms with Crippen molar-refractivity contribution in [3.63, 3.8) is 0 Å². The van der Waals surface area contributed by atoms with Crippen molar-refractivity contribution >= 4 is 146 Å². The molecule has 6 heteroatoms. The fraction of sp³-hybridized carbons (Fsp3) is 0.0606. The van der Waals surface area contributed by atoms with Crippen LogP contribution in [0.25, 0.3) is 154 Å². The molecular weight excluding hydrogens is 913 g/mol. The van der Waals surface area contributed by atoms with Crippen molar-refractivity contribution in [2.75, 3.05) is 0 Å². The zero-order chi connectivity index (χ0) is 47.5. The minimum absolute atomic E-state index is 0.890. The lowest BCUT2D eigenvalue weighted by Crippen LogP contribution is -2.51. The molecule has 2 aliphatic rings. The number of furan rings is 4. The van der Waals surface area contributed by atoms with Crippen molar-refractivity contribution in [1.29, 1.82) is 0 Å². The maximum Gasteiger partial charge on any atom is 0.143 e. The maximum absolute atomic E-state index is 7.14. The predicted octanol–water partition coefficient (Wildman–Crippen LogP) is 16.5. The number of para-hydroxylation sites is 4. The molecule has 338 valence electrons. The molecular formula is C66H42O4Si2. The molecule has 0 atom stereocenters. The summed E-state index contributed by atoms with van der Waals surface area (Å²) < 4.78 is 27.6. The van der Waals surface area contributed by atoms with Crippen molar-refractivity contribution < 1.29 is 17.7 Å². The fourth-order valence-electron chi connectivity index (χ4n) is 13.7. The second-order valence-electron chi connectivity index (χ2n) is 21.4. The molecule has 0 unspecified atom stereocenters. The molecule has 0 aliphatic carbocycles. The van der Waals surface area contributed by atoms with E-state index in [1.165, 1.54) is 75.3 Å². The summed E-state index contributed by atoms with van der Waals surface area (Å²) in [6.07, 6.45) is 0. The van der Waals surface area contributed by atoms with Crippen LogP contribution in [0.4, 0.5) is 0 Å². The lowest BCUT2D eigenvalue weighted by atomic mass is 9.89. The smallest absolute Gasteiger partial charge is 0.143 e. The third-order valence-corrected chi connectivity index (χ3v) is 24.0. The molecule has 4 nitrogen and oxygen atoms in total. The SMILES string of the molecule is C[Si]1(C)c2cc3c(cc2-c2c1cc(-c1cc4oc5ccccc5c4c4ccccc14)c1oc4ccccc4c21)[Si](C)(C)c1cc(-c2cc4oc5ccccc5c4c4ccccc24)c2oc4ccccc4c2c1-3. The Balaban J connectivity index is 0.940. The number of benzene rings is 11. The molecule has 0 amide bonds. The second kappa shape index (κ2) is 13.3. The van der Waals surface area contributed by atoms with Gasteiger partial charge in [0.25, 0.3) is 0 Å². The highest BCUT2D eigenvalue weighted by Crippen LogP contribution is 2.51. The van der Waals surface area contributed by atoms with Crippen LogP contribution in [0.3, 0.4) is 0 Å². The zero-order valence-corrected chi connectivity index (χ0v) is 42.0. The topological polar surface area (TPSA) is 52.6 Å². The second-order valence-corrected chi connectivity index (χ2v) is 30.0. The summed E-state index contributed by atoms with van der Waals surface area (Å²) in [6.45, 7) is 10.2. The van der Waals surface area contributed by atoms with Crippen LogP contribution < -0.4 is 20.7 Å². The van der Waals surface area contributed by atoms with Gasteiger partial charge in [-0.3, -0.25) is 0 Å². The van der Waals surface area contributed by atoms with E-state index in [1.54, 1.807) is 0 Å². The van der Waals surface area contributed by atoms with Crippen LogP contribution in [-0.4, -0.2) is 16.1 Å². The summed E-state index contributed by atoms with van der Waals surface area (Å²) in [4.78, 5) is 0. The van der Waals surface area contributed by atoms with Gasteiger partial charge in [-0.2, -0.15) is 0 Å². The molecule has 0 spiro atoms. The molecule has 0 saturated carbocycles. The molecule has 72 heavy (non-hydrogen) atoms. The van der Waals surface area contributed by atoms with Gasteiger partial charge in [-0.25, -0.2) is 0 Å². The van der Waals surface area contributed by atoms with Crippen LogP contribution in [0, 0.1) is 0 Å². The third kappa shape index (κ3) is 4.77. The average Bonchev–Trinajstić information content (AvgIpc) is 4.24. The van der Waals surface area contributed by atoms with E-state index >= 15 is 0 Å². The average molecular weight is 955 g/mol. The lowest BCUT2D eigenvalue weighted by Gasteiger charge is -2.22. The Bertz CT molecular complexity index is 4680. The first-order chi connectivity index (χ1) is 35.2. The van der Waals surface area contributed by atoms with Gasteiger partial charge in [0.05, 0.1) is 0 Å². The van der Waals surface area contributed by atoms with Gasteiger partial charge in [-0.05, 0) is 112 Å². The number of hydrogen-bond acceptors (Lipinski definition) is 4. The van der Waals surface area contributed by atoms with E-state index in [4.69, 9.17) is 17.7 Å². The normalized spacial score (nSPS) is 14.6. The molecule has 0 fully saturated rings. The Morgan fingerprint density at radius 3 is 0.944 bits per heavy atom. The van der Waals surface area contributed by atoms with Gasteiger partial charge in [0.1, 0.15) is 60.8 Å². The van der Waals surface area contributed by atoms with Gasteiger partial charge < -0.3 is 17.7 Å². The highest BCUT2D eigenvalue weighted by Gasteiger charge is 2.46. The highest BCUT2D eigenvalue weighted by molar-refractivity contribution is 7.06. The van der Waals surface area contributed by atoms with Crippen LogP contribution >= 0.6 is 0 Å². The molecule has 0 N–H and O–H groups in total. The van der Waals surface area contributed by atoms with Crippen molar-refractivity contribution in [2.24, 2.45) is 0 Å². The minimum Gasteiger partial charge on any atom is -0.456 e. The quantitative estimate of drug-likeness (QED) is 0.162. The number of hydrogen-bond donors (Lipinski definition) is 0. The summed E-state index contributed by atoms with van der Waals surface area (Å²) in [5.74, 6) is 0. The number of fused-ring (bicyclic) bond motifs is 24. The summed E-state index contributed by atoms with van der Waals surface area (Å²) >= 11 is 0. The molecule has 15 aromatic rings. The molecule has 0 bridgehead atoms. The van der Waals surface area contributed by atoms with Gasteiger partial charge in [-0.1, -0.05) is 172 Å². The highest BCUT2D eigenvalue weighted by atomic mass is 28.3. The minimum atomic E-state index is -2.40. The van der Waals surface area contributed by atoms with Gasteiger partial charge in [-0.15, -0.1) is 0 Å². The molecule has 17 rings (SSSR count). The molecule has 0 saturated heterocycles. The van der Waals surface area contributed by atoms with Crippen molar-refractivity contribution in [3.05, 3.63) is 182 Å². The van der Waals surface area contributed by atoms with E-state index in [-0.39, 0.29) is 0 Å². The van der Waals surface area contributed by atoms with Gasteiger partial charge in [0.15, 0.2) is 0 Å². The monoisotopic (exact) mass is 954 g/mol. The van der Waals surface area contributed by atoms with Gasteiger partial charge >= 0.3 is 0 Å². The van der Waals surface area contributed by atoms with Gasteiger partial charge in [0, 0.05) is 54.2 Å². The summed E-state index contributed by atoms with van der Waals surface area (Å²) in [5.41, 5.74) is 17.2. The Hall–Kier alpha value is -8.43. The largest absolute Gasteiger partial charge is 0.456 e. The van der Waals surface area contributed by atoms with Crippen molar-refractivity contribution in [2.45, 2.75) is 26.2 Å². The Labute approximate surface area is 414 Å². The van der Waals surface area contributed by atoms with Crippen molar-refractivity contribution in [1.82, 2.24) is 0 Å². The van der Waals surface area contributed by atoms with Crippen LogP contribution in [-0.2, 0) is 0 Å². The van der Waals surface area contributed by atoms with Crippen LogP contribution in [0.2, 0.25) is 26.2 Å². The molecule has 4 aromatic heterocycles. The molecule has 2 aliphatic heterocycles. The Morgan fingerprint density at radius 1 is 0.250 bits per heavy atom. The summed E-state index contributed by atoms with van der Waals surface area (Å²) in [7, 11) is -4.81. The molecule has 11 aromatic carbocycles. The molecule has 0 radical (unpaired) electrons. The Morgan fingerprint density at radius 2 is 0.556 bits per heavy atom. The van der Waals surface area contributed by atoms with E-state index in [9.17, 15) is 0 Å². The van der Waals surface area contributed by atoms with Crippen LogP contribution in [0.15, 0.2) is 200 Å². The zero-order valence-electron chi connectivity index (χ0n) is 40.0. The lowest BCUT2D eigenvalue weighted by molar-refractivity contribution is 0.667. The van der Waals surface area contributed by atoms with E-state index < -0.39 is 16.1 Å². The van der Waals surface area contributed by atoms with E-state index in [2.05, 4.69) is 208 Å². The molecule has 6 heterocycles. The first-order valence-corrected chi connectivity index (χ1v) is 31.1. The maximum atomic E-state index is 7.14. The summed E-state index contributed by atoms with van der Waals surface area (Å²) in [5, 5.41) is 19.9. The van der Waals surface area contributed by atoms with E-state index in [0.717, 1.165) is 99.2 Å². The Kier molecular flexibility index (Phi) is 7.26. The van der Waals surface area contributed by atoms with Gasteiger partial charge in [0.2, 0.25) is 0 Å². The van der Waals surface area contributed by atoms with E-state index in [0.29, 0.717) is 0 Å². The first kappa shape index (κ1) is 39.3. The van der Waals surface area contributed by atoms with Crippen molar-refractivity contribution in [3.8, 4) is 44.5 Å². The summed E-state index contributed by atoms with van der Waals surface area (Å²) in [6, 6.07) is 66.6.